The molecule has 2 saturated heterocycles. The van der Waals surface area contributed by atoms with Crippen LogP contribution in [0.15, 0.2) is 36.5 Å². The van der Waals surface area contributed by atoms with Gasteiger partial charge in [-0.25, -0.2) is 19.3 Å². The summed E-state index contributed by atoms with van der Waals surface area (Å²) in [5, 5.41) is 9.42. The summed E-state index contributed by atoms with van der Waals surface area (Å²) in [7, 11) is 0. The van der Waals surface area contributed by atoms with Crippen LogP contribution in [-0.4, -0.2) is 57.3 Å². The van der Waals surface area contributed by atoms with Gasteiger partial charge in [0.15, 0.2) is 5.82 Å². The molecule has 178 valence electrons. The molecule has 34 heavy (non-hydrogen) atoms. The van der Waals surface area contributed by atoms with E-state index in [-0.39, 0.29) is 19.0 Å². The molecule has 0 aliphatic carbocycles. The van der Waals surface area contributed by atoms with Crippen LogP contribution >= 0.6 is 0 Å². The fourth-order valence-electron chi connectivity index (χ4n) is 4.13. The smallest absolute Gasteiger partial charge is 0.314 e. The first-order valence-corrected chi connectivity index (χ1v) is 11.3. The topological polar surface area (TPSA) is 113 Å². The zero-order valence-electron chi connectivity index (χ0n) is 18.8. The number of nitrogens with one attached hydrogen (secondary N) is 1. The summed E-state index contributed by atoms with van der Waals surface area (Å²) in [6, 6.07) is 7.84. The lowest BCUT2D eigenvalue weighted by molar-refractivity contribution is -0.236. The Hall–Kier alpha value is -3.37. The van der Waals surface area contributed by atoms with Crippen LogP contribution in [0.1, 0.15) is 38.3 Å². The number of carboxylic acids is 1. The lowest BCUT2D eigenvalue weighted by Gasteiger charge is -2.33. The third kappa shape index (κ3) is 4.38. The second-order valence-corrected chi connectivity index (χ2v) is 8.96. The zero-order valence-corrected chi connectivity index (χ0v) is 18.8. The molecule has 0 radical (unpaired) electrons. The van der Waals surface area contributed by atoms with Gasteiger partial charge in [0, 0.05) is 24.8 Å². The number of benzene rings is 1. The molecule has 0 saturated carbocycles. The molecule has 0 unspecified atom stereocenters. The van der Waals surface area contributed by atoms with Gasteiger partial charge in [0.25, 0.3) is 0 Å². The predicted octanol–water partition coefficient (Wildman–Crippen LogP) is 3.80. The Morgan fingerprint density at radius 2 is 1.82 bits per heavy atom. The van der Waals surface area contributed by atoms with E-state index in [2.05, 4.69) is 14.9 Å². The van der Waals surface area contributed by atoms with Crippen LogP contribution < -0.4 is 4.90 Å². The van der Waals surface area contributed by atoms with Crippen LogP contribution in [0.3, 0.4) is 0 Å². The number of carboxylic acid groups (broad SMARTS) is 1. The Bertz CT molecular complexity index is 1170. The maximum absolute atomic E-state index is 13.6. The third-order valence-electron chi connectivity index (χ3n) is 6.22. The van der Waals surface area contributed by atoms with E-state index in [4.69, 9.17) is 19.4 Å². The number of imidazole rings is 1. The van der Waals surface area contributed by atoms with Crippen molar-refractivity contribution in [2.45, 2.75) is 32.5 Å². The number of anilines is 1. The minimum Gasteiger partial charge on any atom is -0.481 e. The first kappa shape index (κ1) is 22.4. The summed E-state index contributed by atoms with van der Waals surface area (Å²) in [4.78, 5) is 30.9. The molecule has 0 amide bonds. The van der Waals surface area contributed by atoms with Gasteiger partial charge in [0.1, 0.15) is 11.2 Å². The third-order valence-corrected chi connectivity index (χ3v) is 6.22. The quantitative estimate of drug-likeness (QED) is 0.583. The number of carbonyl (C=O) groups is 1. The number of ether oxygens (including phenoxy) is 2. The molecular weight excluding hydrogens is 441 g/mol. The Labute approximate surface area is 196 Å². The van der Waals surface area contributed by atoms with Crippen molar-refractivity contribution in [3.8, 4) is 22.6 Å². The number of H-pyrrole nitrogens is 1. The van der Waals surface area contributed by atoms with Crippen molar-refractivity contribution in [1.82, 2.24) is 19.9 Å². The van der Waals surface area contributed by atoms with Crippen molar-refractivity contribution in [2.24, 2.45) is 5.41 Å². The molecule has 2 aliphatic heterocycles. The van der Waals surface area contributed by atoms with Gasteiger partial charge in [-0.2, -0.15) is 0 Å². The normalized spacial score (nSPS) is 23.1. The van der Waals surface area contributed by atoms with Crippen molar-refractivity contribution in [3.05, 3.63) is 48.2 Å². The van der Waals surface area contributed by atoms with Gasteiger partial charge >= 0.3 is 5.97 Å². The van der Waals surface area contributed by atoms with Crippen molar-refractivity contribution in [3.63, 3.8) is 0 Å². The number of hydrogen-bond acceptors (Lipinski definition) is 7. The molecule has 10 heteroatoms. The van der Waals surface area contributed by atoms with E-state index in [1.807, 2.05) is 0 Å². The average Bonchev–Trinajstić information content (AvgIpc) is 3.31. The molecule has 2 N–H and O–H groups in total. The highest BCUT2D eigenvalue weighted by atomic mass is 19.1. The summed E-state index contributed by atoms with van der Waals surface area (Å²) in [6.07, 6.45) is 4.27. The monoisotopic (exact) mass is 467 g/mol. The highest BCUT2D eigenvalue weighted by molar-refractivity contribution is 5.77. The highest BCUT2D eigenvalue weighted by Gasteiger charge is 2.41. The molecular formula is C24H26FN5O4. The largest absolute Gasteiger partial charge is 0.481 e. The summed E-state index contributed by atoms with van der Waals surface area (Å²) in [6.45, 7) is 3.37. The molecule has 3 aromatic rings. The minimum atomic E-state index is -1.12. The molecule has 1 aromatic carbocycles. The maximum atomic E-state index is 13.6. The minimum absolute atomic E-state index is 0.0124. The van der Waals surface area contributed by atoms with Crippen LogP contribution in [0, 0.1) is 11.2 Å². The lowest BCUT2D eigenvalue weighted by atomic mass is 9.92. The van der Waals surface area contributed by atoms with Gasteiger partial charge in [-0.3, -0.25) is 4.79 Å². The van der Waals surface area contributed by atoms with E-state index in [0.717, 1.165) is 25.9 Å². The molecule has 2 aromatic heterocycles. The second-order valence-electron chi connectivity index (χ2n) is 8.96. The highest BCUT2D eigenvalue weighted by Crippen LogP contribution is 2.35. The summed E-state index contributed by atoms with van der Waals surface area (Å²) in [5.74, 6) is -0.285. The summed E-state index contributed by atoms with van der Waals surface area (Å²) in [5.41, 5.74) is 1.41. The molecule has 9 nitrogen and oxygen atoms in total. The van der Waals surface area contributed by atoms with E-state index >= 15 is 0 Å². The Morgan fingerprint density at radius 1 is 1.12 bits per heavy atom. The molecule has 4 heterocycles. The van der Waals surface area contributed by atoms with Crippen LogP contribution in [0.5, 0.6) is 0 Å². The van der Waals surface area contributed by atoms with Crippen molar-refractivity contribution >= 4 is 11.9 Å². The van der Waals surface area contributed by atoms with Crippen LogP contribution in [0.4, 0.5) is 10.3 Å². The molecule has 0 bridgehead atoms. The molecule has 2 aliphatic rings. The number of aliphatic carboxylic acids is 1. The fraction of sp³-hybridized carbons (Fsp3) is 0.417. The van der Waals surface area contributed by atoms with Crippen molar-refractivity contribution in [1.29, 1.82) is 0 Å². The summed E-state index contributed by atoms with van der Waals surface area (Å²) < 4.78 is 25.0. The van der Waals surface area contributed by atoms with E-state index in [1.165, 1.54) is 18.6 Å². The van der Waals surface area contributed by atoms with Gasteiger partial charge in [0.2, 0.25) is 12.2 Å². The number of nitrogens with zero attached hydrogens (tertiary/aromatic N) is 4. The molecule has 2 fully saturated rings. The van der Waals surface area contributed by atoms with Gasteiger partial charge in [0.05, 0.1) is 30.3 Å². The van der Waals surface area contributed by atoms with Gasteiger partial charge in [-0.15, -0.1) is 0 Å². The second kappa shape index (κ2) is 9.11. The molecule has 0 atom stereocenters. The fourth-order valence-corrected chi connectivity index (χ4v) is 4.13. The number of hydrogen-bond donors (Lipinski definition) is 2. The molecule has 5 rings (SSSR count). The van der Waals surface area contributed by atoms with Crippen molar-refractivity contribution < 1.29 is 23.8 Å². The Morgan fingerprint density at radius 3 is 2.50 bits per heavy atom. The summed E-state index contributed by atoms with van der Waals surface area (Å²) >= 11 is 0. The number of halogens is 1. The average molecular weight is 468 g/mol. The van der Waals surface area contributed by atoms with Gasteiger partial charge in [-0.1, -0.05) is 0 Å². The SMILES string of the molecule is CC1(C(=O)O)COC(c2nc(-c3ccc(F)cc3)c(-c3ccnc(N4CCCCC4)n3)[nH]2)OC1. The Kier molecular flexibility index (Phi) is 6.01. The molecule has 0 spiro atoms. The zero-order chi connectivity index (χ0) is 23.7. The standard InChI is InChI=1S/C24H26FN5O4/c1-24(22(31)32)13-33-21(34-14-24)20-28-18(15-5-7-16(25)8-6-15)19(29-20)17-9-10-26-23(27-17)30-11-3-2-4-12-30/h5-10,21H,2-4,11-14H2,1H3,(H,28,29)(H,31,32). The predicted molar refractivity (Wildman–Crippen MR) is 121 cm³/mol. The number of rotatable bonds is 5. The Balaban J connectivity index is 1.51. The maximum Gasteiger partial charge on any atom is 0.314 e. The number of piperidine rings is 1. The van der Waals surface area contributed by atoms with Gasteiger partial charge < -0.3 is 24.5 Å². The van der Waals surface area contributed by atoms with E-state index in [0.29, 0.717) is 34.4 Å². The van der Waals surface area contributed by atoms with Crippen LogP contribution in [0.25, 0.3) is 22.6 Å². The number of aromatic amines is 1. The van der Waals surface area contributed by atoms with Crippen molar-refractivity contribution in [2.75, 3.05) is 31.2 Å². The lowest BCUT2D eigenvalue weighted by Crippen LogP contribution is -2.42. The first-order chi connectivity index (χ1) is 16.4. The van der Waals surface area contributed by atoms with Gasteiger partial charge in [-0.05, 0) is 56.5 Å². The first-order valence-electron chi connectivity index (χ1n) is 11.3. The van der Waals surface area contributed by atoms with Crippen LogP contribution in [0.2, 0.25) is 0 Å². The van der Waals surface area contributed by atoms with Crippen LogP contribution in [-0.2, 0) is 14.3 Å². The van der Waals surface area contributed by atoms with E-state index < -0.39 is 17.7 Å². The van der Waals surface area contributed by atoms with E-state index in [9.17, 15) is 14.3 Å². The van der Waals surface area contributed by atoms with E-state index in [1.54, 1.807) is 31.3 Å². The number of aromatic nitrogens is 4.